The highest BCUT2D eigenvalue weighted by atomic mass is 16.2. The van der Waals surface area contributed by atoms with Gasteiger partial charge < -0.3 is 10.2 Å². The van der Waals surface area contributed by atoms with Crippen molar-refractivity contribution in [2.45, 2.75) is 57.5 Å². The maximum atomic E-state index is 12.7. The average Bonchev–Trinajstić information content (AvgIpc) is 2.54. The van der Waals surface area contributed by atoms with Crippen LogP contribution in [0.4, 0.5) is 0 Å². The Hall–Kier alpha value is -1.42. The second-order valence-corrected chi connectivity index (χ2v) is 6.00. The molecule has 0 bridgehead atoms. The molecule has 1 amide bonds. The molecule has 0 radical (unpaired) electrons. The molecule has 1 aromatic rings. The predicted molar refractivity (Wildman–Crippen MR) is 84.8 cm³/mol. The molecule has 0 aromatic carbocycles. The summed E-state index contributed by atoms with van der Waals surface area (Å²) >= 11 is 0. The quantitative estimate of drug-likeness (QED) is 0.876. The number of pyridine rings is 1. The van der Waals surface area contributed by atoms with Gasteiger partial charge in [0.25, 0.3) is 0 Å². The summed E-state index contributed by atoms with van der Waals surface area (Å²) in [6.45, 7) is 3.37. The molecule has 116 valence electrons. The van der Waals surface area contributed by atoms with Crippen molar-refractivity contribution in [1.82, 2.24) is 15.2 Å². The maximum absolute atomic E-state index is 12.7. The van der Waals surface area contributed by atoms with Crippen molar-refractivity contribution >= 4 is 5.91 Å². The second kappa shape index (κ2) is 7.55. The number of aromatic nitrogens is 1. The molecule has 0 atom stereocenters. The van der Waals surface area contributed by atoms with E-state index in [0.717, 1.165) is 25.1 Å². The van der Waals surface area contributed by atoms with Crippen LogP contribution < -0.4 is 5.32 Å². The highest BCUT2D eigenvalue weighted by Gasteiger charge is 2.33. The third-order valence-electron chi connectivity index (χ3n) is 4.64. The lowest BCUT2D eigenvalue weighted by Gasteiger charge is -2.38. The molecule has 21 heavy (non-hydrogen) atoms. The first-order valence-electron chi connectivity index (χ1n) is 8.06. The van der Waals surface area contributed by atoms with Gasteiger partial charge in [0.15, 0.2) is 0 Å². The summed E-state index contributed by atoms with van der Waals surface area (Å²) in [5.41, 5.74) is 0.960. The molecule has 1 N–H and O–H groups in total. The number of carbonyl (C=O) groups excluding carboxylic acids is 1. The minimum Gasteiger partial charge on any atom is -0.337 e. The lowest BCUT2D eigenvalue weighted by molar-refractivity contribution is -0.133. The Bertz CT molecular complexity index is 441. The monoisotopic (exact) mass is 289 g/mol. The van der Waals surface area contributed by atoms with E-state index in [0.29, 0.717) is 13.0 Å². The molecule has 2 rings (SSSR count). The van der Waals surface area contributed by atoms with Crippen LogP contribution in [0.1, 0.15) is 51.1 Å². The molecule has 1 fully saturated rings. The number of amides is 1. The number of nitrogens with one attached hydrogen (secondary N) is 1. The molecule has 0 unspecified atom stereocenters. The van der Waals surface area contributed by atoms with Gasteiger partial charge in [0, 0.05) is 24.7 Å². The fourth-order valence-corrected chi connectivity index (χ4v) is 3.21. The summed E-state index contributed by atoms with van der Waals surface area (Å²) in [4.78, 5) is 18.9. The number of nitrogens with zero attached hydrogens (tertiary/aromatic N) is 2. The molecule has 4 nitrogen and oxygen atoms in total. The molecule has 4 heteroatoms. The Kier molecular flexibility index (Phi) is 5.74. The molecule has 0 aliphatic heterocycles. The lowest BCUT2D eigenvalue weighted by atomic mass is 9.79. The molecule has 1 aliphatic rings. The molecular weight excluding hydrogens is 262 g/mol. The molecule has 1 aromatic heterocycles. The number of hydrogen-bond acceptors (Lipinski definition) is 3. The van der Waals surface area contributed by atoms with Gasteiger partial charge in [-0.2, -0.15) is 0 Å². The third-order valence-corrected chi connectivity index (χ3v) is 4.64. The van der Waals surface area contributed by atoms with Crippen LogP contribution in [0.5, 0.6) is 0 Å². The van der Waals surface area contributed by atoms with Gasteiger partial charge in [0.1, 0.15) is 0 Å². The summed E-state index contributed by atoms with van der Waals surface area (Å²) in [5.74, 6) is 0.236. The van der Waals surface area contributed by atoms with Crippen molar-refractivity contribution in [2.24, 2.45) is 0 Å². The van der Waals surface area contributed by atoms with Gasteiger partial charge in [0.05, 0.1) is 12.2 Å². The zero-order valence-corrected chi connectivity index (χ0v) is 13.3. The Morgan fingerprint density at radius 2 is 2.10 bits per heavy atom. The van der Waals surface area contributed by atoms with Crippen molar-refractivity contribution in [3.63, 3.8) is 0 Å². The smallest absolute Gasteiger partial charge is 0.224 e. The molecular formula is C17H27N3O. The van der Waals surface area contributed by atoms with Gasteiger partial charge in [-0.1, -0.05) is 25.3 Å². The van der Waals surface area contributed by atoms with Crippen LogP contribution in [0.2, 0.25) is 0 Å². The van der Waals surface area contributed by atoms with Crippen LogP contribution in [0.15, 0.2) is 24.4 Å². The van der Waals surface area contributed by atoms with Crippen LogP contribution in [0.25, 0.3) is 0 Å². The van der Waals surface area contributed by atoms with E-state index in [2.05, 4.69) is 10.3 Å². The molecule has 0 saturated heterocycles. The van der Waals surface area contributed by atoms with Gasteiger partial charge in [-0.3, -0.25) is 9.78 Å². The van der Waals surface area contributed by atoms with Crippen molar-refractivity contribution < 1.29 is 4.79 Å². The van der Waals surface area contributed by atoms with Crippen molar-refractivity contribution in [1.29, 1.82) is 0 Å². The topological polar surface area (TPSA) is 45.2 Å². The molecule has 1 heterocycles. The highest BCUT2D eigenvalue weighted by molar-refractivity contribution is 5.77. The summed E-state index contributed by atoms with van der Waals surface area (Å²) < 4.78 is 0. The van der Waals surface area contributed by atoms with Crippen molar-refractivity contribution in [2.75, 3.05) is 13.6 Å². The summed E-state index contributed by atoms with van der Waals surface area (Å²) in [7, 11) is 1.99. The van der Waals surface area contributed by atoms with Crippen LogP contribution in [-0.4, -0.2) is 34.9 Å². The molecule has 1 saturated carbocycles. The van der Waals surface area contributed by atoms with Crippen molar-refractivity contribution in [3.05, 3.63) is 30.1 Å². The Morgan fingerprint density at radius 3 is 2.67 bits per heavy atom. The van der Waals surface area contributed by atoms with Crippen molar-refractivity contribution in [3.8, 4) is 0 Å². The van der Waals surface area contributed by atoms with E-state index in [1.165, 1.54) is 19.3 Å². The average molecular weight is 289 g/mol. The predicted octanol–water partition coefficient (Wildman–Crippen LogP) is 2.74. The minimum absolute atomic E-state index is 0.00682. The SMILES string of the molecule is CCN(Cc1ccccn1)C(=O)CC1(NC)CCCCC1. The fourth-order valence-electron chi connectivity index (χ4n) is 3.21. The van der Waals surface area contributed by atoms with Gasteiger partial charge in [0.2, 0.25) is 5.91 Å². The van der Waals surface area contributed by atoms with Gasteiger partial charge >= 0.3 is 0 Å². The van der Waals surface area contributed by atoms with E-state index in [9.17, 15) is 4.79 Å². The highest BCUT2D eigenvalue weighted by Crippen LogP contribution is 2.31. The summed E-state index contributed by atoms with van der Waals surface area (Å²) in [5, 5.41) is 3.43. The summed E-state index contributed by atoms with van der Waals surface area (Å²) in [6.07, 6.45) is 8.34. The van der Waals surface area contributed by atoms with Crippen LogP contribution in [-0.2, 0) is 11.3 Å². The first kappa shape index (κ1) is 16.0. The van der Waals surface area contributed by atoms with E-state index in [1.54, 1.807) is 6.20 Å². The van der Waals surface area contributed by atoms with Crippen LogP contribution in [0.3, 0.4) is 0 Å². The van der Waals surface area contributed by atoms with E-state index >= 15 is 0 Å². The number of rotatable bonds is 6. The molecule has 0 spiro atoms. The lowest BCUT2D eigenvalue weighted by Crippen LogP contribution is -2.48. The fraction of sp³-hybridized carbons (Fsp3) is 0.647. The largest absolute Gasteiger partial charge is 0.337 e. The van der Waals surface area contributed by atoms with Gasteiger partial charge in [-0.25, -0.2) is 0 Å². The minimum atomic E-state index is 0.00682. The first-order valence-corrected chi connectivity index (χ1v) is 8.06. The van der Waals surface area contributed by atoms with E-state index in [4.69, 9.17) is 0 Å². The zero-order valence-electron chi connectivity index (χ0n) is 13.3. The number of carbonyl (C=O) groups is 1. The standard InChI is InChI=1S/C17H27N3O/c1-3-20(14-15-9-5-8-12-19-15)16(21)13-17(18-2)10-6-4-7-11-17/h5,8-9,12,18H,3-4,6-7,10-11,13-14H2,1-2H3. The Balaban J connectivity index is 1.99. The zero-order chi connectivity index (χ0) is 15.1. The van der Waals surface area contributed by atoms with Crippen LogP contribution >= 0.6 is 0 Å². The Morgan fingerprint density at radius 1 is 1.33 bits per heavy atom. The van der Waals surface area contributed by atoms with Gasteiger partial charge in [-0.15, -0.1) is 0 Å². The Labute approximate surface area is 127 Å². The van der Waals surface area contributed by atoms with Gasteiger partial charge in [-0.05, 0) is 38.9 Å². The molecule has 1 aliphatic carbocycles. The summed E-state index contributed by atoms with van der Waals surface area (Å²) in [6, 6.07) is 5.85. The normalized spacial score (nSPS) is 17.4. The third kappa shape index (κ3) is 4.27. The first-order chi connectivity index (χ1) is 10.2. The van der Waals surface area contributed by atoms with Crippen LogP contribution in [0, 0.1) is 0 Å². The second-order valence-electron chi connectivity index (χ2n) is 6.00. The number of hydrogen-bond donors (Lipinski definition) is 1. The van der Waals surface area contributed by atoms with E-state index in [1.807, 2.05) is 37.1 Å². The van der Waals surface area contributed by atoms with E-state index < -0.39 is 0 Å². The maximum Gasteiger partial charge on any atom is 0.224 e. The van der Waals surface area contributed by atoms with E-state index in [-0.39, 0.29) is 11.4 Å².